The molecule has 0 radical (unpaired) electrons. The van der Waals surface area contributed by atoms with Gasteiger partial charge in [-0.2, -0.15) is 0 Å². The van der Waals surface area contributed by atoms with Gasteiger partial charge in [0.05, 0.1) is 0 Å². The number of hydrogen-bond acceptors (Lipinski definition) is 4. The molecule has 0 N–H and O–H groups in total. The van der Waals surface area contributed by atoms with Gasteiger partial charge in [-0.3, -0.25) is 4.90 Å². The molecule has 4 heteroatoms. The predicted octanol–water partition coefficient (Wildman–Crippen LogP) is 3.10. The van der Waals surface area contributed by atoms with E-state index < -0.39 is 0 Å². The van der Waals surface area contributed by atoms with E-state index in [0.29, 0.717) is 6.61 Å². The molecule has 0 unspecified atom stereocenters. The van der Waals surface area contributed by atoms with Gasteiger partial charge < -0.3 is 9.64 Å². The molecule has 0 saturated carbocycles. The minimum absolute atomic E-state index is 0.106. The second kappa shape index (κ2) is 9.68. The maximum absolute atomic E-state index is 12.7. The molecule has 1 aliphatic heterocycles. The van der Waals surface area contributed by atoms with Gasteiger partial charge in [0.1, 0.15) is 12.6 Å². The van der Waals surface area contributed by atoms with Gasteiger partial charge in [0.25, 0.3) is 0 Å². The van der Waals surface area contributed by atoms with E-state index in [1.54, 1.807) is 0 Å². The lowest BCUT2D eigenvalue weighted by Crippen LogP contribution is -2.39. The van der Waals surface area contributed by atoms with Gasteiger partial charge in [0, 0.05) is 6.54 Å². The van der Waals surface area contributed by atoms with Gasteiger partial charge in [0.15, 0.2) is 0 Å². The van der Waals surface area contributed by atoms with Crippen molar-refractivity contribution in [3.63, 3.8) is 0 Å². The van der Waals surface area contributed by atoms with Crippen LogP contribution in [-0.2, 0) is 9.53 Å². The number of carbonyl (C=O) groups is 1. The highest BCUT2D eigenvalue weighted by atomic mass is 16.5. The Morgan fingerprint density at radius 2 is 1.78 bits per heavy atom. The van der Waals surface area contributed by atoms with Crippen molar-refractivity contribution in [2.75, 3.05) is 39.3 Å². The standard InChI is InChI=1S/C19H30N2O2/c1-3-20(4-2)15-16-23-19(22)18(17-11-7-5-8-12-17)21-13-9-6-10-14-21/h5,7-8,11-12,18H,3-4,6,9-10,13-16H2,1-2H3/t18-/m0/s1. The number of nitrogens with zero attached hydrogens (tertiary/aromatic N) is 2. The molecule has 1 atom stereocenters. The van der Waals surface area contributed by atoms with Crippen LogP contribution in [0, 0.1) is 0 Å². The Morgan fingerprint density at radius 3 is 2.39 bits per heavy atom. The van der Waals surface area contributed by atoms with Crippen molar-refractivity contribution >= 4 is 5.97 Å². The number of carbonyl (C=O) groups excluding carboxylic acids is 1. The zero-order valence-corrected chi connectivity index (χ0v) is 14.5. The Hall–Kier alpha value is -1.39. The number of likely N-dealkylation sites (tertiary alicyclic amines) is 1. The average Bonchev–Trinajstić information content (AvgIpc) is 2.61. The second-order valence-electron chi connectivity index (χ2n) is 6.10. The molecule has 2 rings (SSSR count). The maximum atomic E-state index is 12.7. The first-order valence-corrected chi connectivity index (χ1v) is 8.94. The van der Waals surface area contributed by atoms with Gasteiger partial charge in [-0.05, 0) is 44.6 Å². The Kier molecular flexibility index (Phi) is 7.56. The van der Waals surface area contributed by atoms with Gasteiger partial charge >= 0.3 is 5.97 Å². The summed E-state index contributed by atoms with van der Waals surface area (Å²) in [5.41, 5.74) is 1.04. The van der Waals surface area contributed by atoms with Gasteiger partial charge in [-0.25, -0.2) is 4.79 Å². The van der Waals surface area contributed by atoms with Gasteiger partial charge in [-0.1, -0.05) is 50.6 Å². The Balaban J connectivity index is 2.00. The fourth-order valence-electron chi connectivity index (χ4n) is 3.20. The lowest BCUT2D eigenvalue weighted by atomic mass is 10.0. The minimum atomic E-state index is -0.256. The third kappa shape index (κ3) is 5.33. The average molecular weight is 318 g/mol. The summed E-state index contributed by atoms with van der Waals surface area (Å²) < 4.78 is 5.62. The SMILES string of the molecule is CCN(CC)CCOC(=O)[C@H](c1ccccc1)N1CCCCC1. The van der Waals surface area contributed by atoms with E-state index in [2.05, 4.69) is 23.6 Å². The summed E-state index contributed by atoms with van der Waals surface area (Å²) in [4.78, 5) is 17.3. The van der Waals surface area contributed by atoms with E-state index in [1.165, 1.54) is 6.42 Å². The second-order valence-corrected chi connectivity index (χ2v) is 6.10. The van der Waals surface area contributed by atoms with Crippen LogP contribution in [0.4, 0.5) is 0 Å². The van der Waals surface area contributed by atoms with E-state index in [9.17, 15) is 4.79 Å². The fraction of sp³-hybridized carbons (Fsp3) is 0.632. The summed E-state index contributed by atoms with van der Waals surface area (Å²) >= 11 is 0. The highest BCUT2D eigenvalue weighted by Gasteiger charge is 2.29. The summed E-state index contributed by atoms with van der Waals surface area (Å²) in [6.07, 6.45) is 3.58. The van der Waals surface area contributed by atoms with E-state index in [4.69, 9.17) is 4.74 Å². The van der Waals surface area contributed by atoms with Crippen LogP contribution in [0.25, 0.3) is 0 Å². The summed E-state index contributed by atoms with van der Waals surface area (Å²) in [6, 6.07) is 9.79. The summed E-state index contributed by atoms with van der Waals surface area (Å²) in [5.74, 6) is -0.106. The molecule has 23 heavy (non-hydrogen) atoms. The molecule has 1 heterocycles. The lowest BCUT2D eigenvalue weighted by molar-refractivity contribution is -0.151. The topological polar surface area (TPSA) is 32.8 Å². The molecular formula is C19H30N2O2. The number of ether oxygens (including phenoxy) is 1. The number of likely N-dealkylation sites (N-methyl/N-ethyl adjacent to an activating group) is 1. The van der Waals surface area contributed by atoms with Gasteiger partial charge in [0.2, 0.25) is 0 Å². The monoisotopic (exact) mass is 318 g/mol. The predicted molar refractivity (Wildman–Crippen MR) is 93.4 cm³/mol. The van der Waals surface area contributed by atoms with Crippen molar-refractivity contribution in [2.24, 2.45) is 0 Å². The maximum Gasteiger partial charge on any atom is 0.328 e. The molecule has 0 aliphatic carbocycles. The molecule has 1 fully saturated rings. The molecular weight excluding hydrogens is 288 g/mol. The van der Waals surface area contributed by atoms with Crippen LogP contribution in [0.1, 0.15) is 44.7 Å². The third-order valence-electron chi connectivity index (χ3n) is 4.64. The molecule has 1 aromatic carbocycles. The Bertz CT molecular complexity index is 454. The minimum Gasteiger partial charge on any atom is -0.463 e. The molecule has 0 amide bonds. The Labute approximate surface area is 140 Å². The van der Waals surface area contributed by atoms with Gasteiger partial charge in [-0.15, -0.1) is 0 Å². The zero-order chi connectivity index (χ0) is 16.5. The van der Waals surface area contributed by atoms with Crippen molar-refractivity contribution in [1.29, 1.82) is 0 Å². The first-order chi connectivity index (χ1) is 11.3. The molecule has 128 valence electrons. The normalized spacial score (nSPS) is 17.2. The lowest BCUT2D eigenvalue weighted by Gasteiger charge is -2.33. The molecule has 1 aromatic rings. The van der Waals surface area contributed by atoms with Crippen molar-refractivity contribution in [2.45, 2.75) is 39.2 Å². The first kappa shape index (κ1) is 18.0. The molecule has 0 aromatic heterocycles. The summed E-state index contributed by atoms with van der Waals surface area (Å²) in [5, 5.41) is 0. The highest BCUT2D eigenvalue weighted by molar-refractivity contribution is 5.77. The van der Waals surface area contributed by atoms with Crippen molar-refractivity contribution in [3.8, 4) is 0 Å². The zero-order valence-electron chi connectivity index (χ0n) is 14.5. The molecule has 0 spiro atoms. The summed E-state index contributed by atoms with van der Waals surface area (Å²) in [7, 11) is 0. The van der Waals surface area contributed by atoms with Crippen LogP contribution in [0.15, 0.2) is 30.3 Å². The van der Waals surface area contributed by atoms with E-state index in [-0.39, 0.29) is 12.0 Å². The molecule has 1 saturated heterocycles. The summed E-state index contributed by atoms with van der Waals surface area (Å²) in [6.45, 7) is 9.47. The van der Waals surface area contributed by atoms with Crippen LogP contribution in [0.5, 0.6) is 0 Å². The van der Waals surface area contributed by atoms with Crippen LogP contribution < -0.4 is 0 Å². The van der Waals surface area contributed by atoms with E-state index >= 15 is 0 Å². The van der Waals surface area contributed by atoms with Crippen molar-refractivity contribution in [1.82, 2.24) is 9.80 Å². The van der Waals surface area contributed by atoms with Crippen LogP contribution in [0.3, 0.4) is 0 Å². The quantitative estimate of drug-likeness (QED) is 0.690. The molecule has 1 aliphatic rings. The number of rotatable bonds is 8. The number of piperidine rings is 1. The number of benzene rings is 1. The van der Waals surface area contributed by atoms with Crippen LogP contribution in [0.2, 0.25) is 0 Å². The van der Waals surface area contributed by atoms with Crippen molar-refractivity contribution < 1.29 is 9.53 Å². The molecule has 4 nitrogen and oxygen atoms in total. The molecule has 0 bridgehead atoms. The van der Waals surface area contributed by atoms with Crippen LogP contribution in [-0.4, -0.2) is 55.1 Å². The fourth-order valence-corrected chi connectivity index (χ4v) is 3.20. The number of esters is 1. The van der Waals surface area contributed by atoms with E-state index in [0.717, 1.165) is 51.1 Å². The smallest absolute Gasteiger partial charge is 0.328 e. The van der Waals surface area contributed by atoms with Crippen LogP contribution >= 0.6 is 0 Å². The first-order valence-electron chi connectivity index (χ1n) is 8.94. The third-order valence-corrected chi connectivity index (χ3v) is 4.64. The largest absolute Gasteiger partial charge is 0.463 e. The van der Waals surface area contributed by atoms with E-state index in [1.807, 2.05) is 30.3 Å². The Morgan fingerprint density at radius 1 is 1.13 bits per heavy atom. The highest BCUT2D eigenvalue weighted by Crippen LogP contribution is 2.25. The van der Waals surface area contributed by atoms with Crippen molar-refractivity contribution in [3.05, 3.63) is 35.9 Å². The number of hydrogen-bond donors (Lipinski definition) is 0.